The fourth-order valence-electron chi connectivity index (χ4n) is 7.74. The smallest absolute Gasteiger partial charge is 0.135 e. The average Bonchev–Trinajstić information content (AvgIpc) is 3.81. The van der Waals surface area contributed by atoms with Gasteiger partial charge in [-0.1, -0.05) is 134 Å². The van der Waals surface area contributed by atoms with Gasteiger partial charge in [0.05, 0.1) is 6.85 Å². The van der Waals surface area contributed by atoms with Gasteiger partial charge in [-0.05, 0) is 80.3 Å². The third-order valence-corrected chi connectivity index (χ3v) is 11.1. The molecule has 0 N–H and O–H groups in total. The molecule has 0 amide bonds. The van der Waals surface area contributed by atoms with Crippen LogP contribution in [0.2, 0.25) is 0 Å². The van der Waals surface area contributed by atoms with E-state index in [9.17, 15) is 0 Å². The molecule has 0 aliphatic carbocycles. The van der Waals surface area contributed by atoms with Crippen molar-refractivity contribution in [3.05, 3.63) is 175 Å². The van der Waals surface area contributed by atoms with E-state index >= 15 is 0 Å². The van der Waals surface area contributed by atoms with Gasteiger partial charge in [0.2, 0.25) is 0 Å². The molecule has 0 bridgehead atoms. The summed E-state index contributed by atoms with van der Waals surface area (Å²) in [6.07, 6.45) is 1.87. The summed E-state index contributed by atoms with van der Waals surface area (Å²) in [4.78, 5) is 8.91. The molecule has 0 spiro atoms. The number of fused-ring (bicyclic) bond motifs is 4. The van der Waals surface area contributed by atoms with E-state index < -0.39 is 6.04 Å². The number of pyridine rings is 1. The van der Waals surface area contributed by atoms with Gasteiger partial charge in [-0.3, -0.25) is 0 Å². The molecule has 9 rings (SSSR count). The summed E-state index contributed by atoms with van der Waals surface area (Å²) in [6.45, 7) is 21.8. The minimum atomic E-state index is -0.431. The van der Waals surface area contributed by atoms with Crippen molar-refractivity contribution in [3.8, 4) is 28.4 Å². The maximum absolute atomic E-state index is 9.02. The zero-order valence-corrected chi connectivity index (χ0v) is 37.8. The van der Waals surface area contributed by atoms with Gasteiger partial charge in [0.25, 0.3) is 0 Å². The quantitative estimate of drug-likeness (QED) is 0.156. The van der Waals surface area contributed by atoms with Crippen LogP contribution in [0.4, 0.5) is 22.7 Å². The molecule has 5 nitrogen and oxygen atoms in total. The summed E-state index contributed by atoms with van der Waals surface area (Å²) >= 11 is 0. The Bertz CT molecular complexity index is 3100. The standard InChI is InChI=1S/C54H51N4O.Pt/c1-52(2,3)37-27-28-55-50(32-37)58-47-23-14-13-21-45(47)46-26-25-43(34-49(46)58)59-42-20-15-19-40(33-42)56-35-57(41-30-38(53(4,5)6)29-39(31-41)54(7,8)9)51-44(22-16-24-48(51)56)36-17-11-10-12-18-36;/h10-32,35H,1-9H3;/q-3;/i10D,11D,12D,17D,18D;. The first kappa shape index (κ1) is 35.1. The van der Waals surface area contributed by atoms with Gasteiger partial charge in [0.1, 0.15) is 5.82 Å². The van der Waals surface area contributed by atoms with Crippen LogP contribution < -0.4 is 14.5 Å². The van der Waals surface area contributed by atoms with Crippen LogP contribution in [0.5, 0.6) is 11.5 Å². The van der Waals surface area contributed by atoms with Gasteiger partial charge in [0.15, 0.2) is 0 Å². The van der Waals surface area contributed by atoms with E-state index in [1.54, 1.807) is 0 Å². The number of ether oxygens (including phenoxy) is 1. The van der Waals surface area contributed by atoms with Crippen LogP contribution in [0.3, 0.4) is 0 Å². The fraction of sp³-hybridized carbons (Fsp3) is 0.222. The van der Waals surface area contributed by atoms with Crippen molar-refractivity contribution in [2.45, 2.75) is 78.6 Å². The largest absolute Gasteiger partial charge is 0.509 e. The van der Waals surface area contributed by atoms with E-state index in [2.05, 4.69) is 132 Å². The second kappa shape index (κ2) is 15.4. The molecule has 60 heavy (non-hydrogen) atoms. The molecule has 1 aliphatic heterocycles. The molecular weight excluding hydrogens is 916 g/mol. The SMILES string of the molecule is [2H]c1c([2H])c([2H])c(-c2cccc3c2N(c2cc(C(C)(C)C)cc(C(C)(C)C)c2)[CH-]N3c2[c-]c(Oc3[c-]c4c(cc3)c3ccccc3n4-c3cc(C(C)(C)C)ccn3)ccc2)c([2H])c1[2H].[Pt]. The first-order chi connectivity index (χ1) is 30.2. The fourth-order valence-corrected chi connectivity index (χ4v) is 7.74. The van der Waals surface area contributed by atoms with Gasteiger partial charge in [-0.15, -0.1) is 48.1 Å². The minimum Gasteiger partial charge on any atom is -0.509 e. The maximum atomic E-state index is 9.02. The van der Waals surface area contributed by atoms with Crippen LogP contribution in [0.25, 0.3) is 38.8 Å². The summed E-state index contributed by atoms with van der Waals surface area (Å²) in [7, 11) is 0. The monoisotopic (exact) mass is 971 g/mol. The Hall–Kier alpha value is -5.64. The van der Waals surface area contributed by atoms with Crippen LogP contribution >= 0.6 is 0 Å². The predicted molar refractivity (Wildman–Crippen MR) is 246 cm³/mol. The van der Waals surface area contributed by atoms with Crippen molar-refractivity contribution in [2.75, 3.05) is 9.80 Å². The van der Waals surface area contributed by atoms with E-state index in [1.165, 1.54) is 5.56 Å². The van der Waals surface area contributed by atoms with Gasteiger partial charge < -0.3 is 19.1 Å². The van der Waals surface area contributed by atoms with Gasteiger partial charge >= 0.3 is 0 Å². The summed E-state index contributed by atoms with van der Waals surface area (Å²) in [5.74, 6) is 1.80. The molecule has 0 fully saturated rings. The number of para-hydroxylation sites is 2. The molecule has 8 aromatic rings. The topological polar surface area (TPSA) is 33.5 Å². The number of nitrogens with zero attached hydrogens (tertiary/aromatic N) is 4. The van der Waals surface area contributed by atoms with Crippen molar-refractivity contribution in [1.82, 2.24) is 9.55 Å². The number of anilines is 4. The molecule has 3 heterocycles. The summed E-state index contributed by atoms with van der Waals surface area (Å²) in [6, 6.07) is 39.9. The molecular formula is C54H51N4OPt-3. The molecule has 0 saturated carbocycles. The molecule has 0 saturated heterocycles. The van der Waals surface area contributed by atoms with Crippen LogP contribution in [0, 0.1) is 18.8 Å². The Morgan fingerprint density at radius 1 is 0.633 bits per heavy atom. The van der Waals surface area contributed by atoms with Crippen molar-refractivity contribution < 1.29 is 32.7 Å². The Labute approximate surface area is 377 Å². The normalized spacial score (nSPS) is 14.3. The van der Waals surface area contributed by atoms with Gasteiger partial charge in [-0.25, -0.2) is 4.98 Å². The molecule has 306 valence electrons. The van der Waals surface area contributed by atoms with Crippen molar-refractivity contribution in [2.24, 2.45) is 0 Å². The van der Waals surface area contributed by atoms with Crippen molar-refractivity contribution >= 4 is 44.6 Å². The van der Waals surface area contributed by atoms with Crippen LogP contribution in [-0.4, -0.2) is 9.55 Å². The molecule has 1 aliphatic rings. The molecule has 0 atom stereocenters. The average molecular weight is 972 g/mol. The summed E-state index contributed by atoms with van der Waals surface area (Å²) in [5.41, 5.74) is 8.58. The zero-order valence-electron chi connectivity index (χ0n) is 40.5. The van der Waals surface area contributed by atoms with Crippen LogP contribution in [-0.2, 0) is 37.3 Å². The first-order valence-corrected chi connectivity index (χ1v) is 20.1. The van der Waals surface area contributed by atoms with Crippen LogP contribution in [0.1, 0.15) is 85.9 Å². The summed E-state index contributed by atoms with van der Waals surface area (Å²) in [5, 5.41) is 2.13. The number of hydrogen-bond donors (Lipinski definition) is 0. The van der Waals surface area contributed by atoms with E-state index in [0.29, 0.717) is 28.4 Å². The van der Waals surface area contributed by atoms with E-state index in [4.69, 9.17) is 16.6 Å². The predicted octanol–water partition coefficient (Wildman–Crippen LogP) is 14.5. The maximum Gasteiger partial charge on any atom is 0.135 e. The van der Waals surface area contributed by atoms with Crippen LogP contribution in [0.15, 0.2) is 140 Å². The molecule has 0 radical (unpaired) electrons. The second-order valence-electron chi connectivity index (χ2n) is 18.4. The summed E-state index contributed by atoms with van der Waals surface area (Å²) < 4.78 is 52.3. The van der Waals surface area contributed by atoms with Gasteiger partial charge in [-0.2, -0.15) is 12.1 Å². The second-order valence-corrected chi connectivity index (χ2v) is 18.4. The molecule has 0 unspecified atom stereocenters. The van der Waals surface area contributed by atoms with Crippen molar-refractivity contribution in [3.63, 3.8) is 0 Å². The number of benzene rings is 6. The Balaban J connectivity index is 0.00000576. The van der Waals surface area contributed by atoms with Gasteiger partial charge in [0, 0.05) is 66.9 Å². The third kappa shape index (κ3) is 7.65. The third-order valence-electron chi connectivity index (χ3n) is 11.1. The Kier molecular flexibility index (Phi) is 9.04. The molecule has 2 aromatic heterocycles. The zero-order chi connectivity index (χ0) is 45.6. The molecule has 6 heteroatoms. The first-order valence-electron chi connectivity index (χ1n) is 22.6. The van der Waals surface area contributed by atoms with E-state index in [-0.39, 0.29) is 67.0 Å². The molecule has 6 aromatic carbocycles. The van der Waals surface area contributed by atoms with Crippen molar-refractivity contribution in [1.29, 1.82) is 0 Å². The Morgan fingerprint density at radius 3 is 2.03 bits per heavy atom. The minimum absolute atomic E-state index is 0. The van der Waals surface area contributed by atoms with E-state index in [1.807, 2.05) is 72.4 Å². The van der Waals surface area contributed by atoms with E-state index in [0.717, 1.165) is 50.1 Å². The number of hydrogen-bond acceptors (Lipinski definition) is 4. The number of aromatic nitrogens is 2. The Morgan fingerprint density at radius 2 is 1.32 bits per heavy atom. The number of rotatable bonds is 6.